The predicted octanol–water partition coefficient (Wildman–Crippen LogP) is -0.676. The van der Waals surface area contributed by atoms with Crippen LogP contribution < -0.4 is 5.32 Å². The predicted molar refractivity (Wildman–Crippen MR) is 94.5 cm³/mol. The van der Waals surface area contributed by atoms with Crippen LogP contribution in [0.25, 0.3) is 0 Å². The first-order valence-corrected chi connectivity index (χ1v) is 9.38. The van der Waals surface area contributed by atoms with Crippen molar-refractivity contribution in [2.24, 2.45) is 0 Å². The number of carbonyl (C=O) groups excluding carboxylic acids is 1. The van der Waals surface area contributed by atoms with Crippen LogP contribution in [0, 0.1) is 0 Å². The van der Waals surface area contributed by atoms with Gasteiger partial charge in [-0.3, -0.25) is 4.90 Å². The largest absolute Gasteiger partial charge is 0.387 e. The van der Waals surface area contributed by atoms with Crippen LogP contribution in [0.4, 0.5) is 4.79 Å². The Morgan fingerprint density at radius 1 is 1.31 bits per heavy atom. The van der Waals surface area contributed by atoms with Gasteiger partial charge in [0, 0.05) is 24.9 Å². The third kappa shape index (κ3) is 5.19. The molecule has 154 valence electrons. The standard InChI is InChI=1S/C16H31ClN2O7/c1-4-5-6-16(25)13(22)11(21)10(20)12(26-16)14(23)19(9(2)3)15(24)18-8-7-17/h9-14,20-23,25H,4-8H2,1-3H3,(H,18,24)/t10-,11-,12-,13+,14?,16-/m0/s1. The van der Waals surface area contributed by atoms with Gasteiger partial charge in [0.25, 0.3) is 0 Å². The molecule has 1 aliphatic heterocycles. The molecule has 9 nitrogen and oxygen atoms in total. The fourth-order valence-corrected chi connectivity index (χ4v) is 3.06. The Kier molecular flexibility index (Phi) is 9.01. The molecule has 0 spiro atoms. The molecule has 0 saturated carbocycles. The molecule has 0 aromatic heterocycles. The lowest BCUT2D eigenvalue weighted by molar-refractivity contribution is -0.365. The number of alkyl halides is 1. The first-order chi connectivity index (χ1) is 12.1. The second kappa shape index (κ2) is 10.0. The molecule has 1 fully saturated rings. The summed E-state index contributed by atoms with van der Waals surface area (Å²) in [7, 11) is 0. The highest BCUT2D eigenvalue weighted by atomic mass is 35.5. The van der Waals surface area contributed by atoms with Crippen LogP contribution in [0.5, 0.6) is 0 Å². The second-order valence-electron chi connectivity index (χ2n) is 6.79. The first-order valence-electron chi connectivity index (χ1n) is 8.85. The third-order valence-electron chi connectivity index (χ3n) is 4.44. The summed E-state index contributed by atoms with van der Waals surface area (Å²) in [5.74, 6) is -1.96. The Morgan fingerprint density at radius 2 is 1.92 bits per heavy atom. The topological polar surface area (TPSA) is 143 Å². The maximum atomic E-state index is 12.3. The van der Waals surface area contributed by atoms with E-state index in [0.29, 0.717) is 12.8 Å². The van der Waals surface area contributed by atoms with E-state index in [1.165, 1.54) is 0 Å². The van der Waals surface area contributed by atoms with Crippen molar-refractivity contribution in [3.05, 3.63) is 0 Å². The molecule has 26 heavy (non-hydrogen) atoms. The number of amides is 2. The van der Waals surface area contributed by atoms with Gasteiger partial charge in [0.2, 0.25) is 0 Å². The van der Waals surface area contributed by atoms with Gasteiger partial charge in [-0.05, 0) is 20.3 Å². The van der Waals surface area contributed by atoms with E-state index in [4.69, 9.17) is 16.3 Å². The minimum atomic E-state index is -2.14. The third-order valence-corrected chi connectivity index (χ3v) is 4.63. The molecule has 2 amide bonds. The number of ether oxygens (including phenoxy) is 1. The molecule has 1 saturated heterocycles. The van der Waals surface area contributed by atoms with E-state index >= 15 is 0 Å². The van der Waals surface area contributed by atoms with E-state index < -0.39 is 48.5 Å². The smallest absolute Gasteiger partial charge is 0.319 e. The van der Waals surface area contributed by atoms with Crippen LogP contribution >= 0.6 is 11.6 Å². The van der Waals surface area contributed by atoms with Crippen LogP contribution in [0.3, 0.4) is 0 Å². The fraction of sp³-hybridized carbons (Fsp3) is 0.938. The number of rotatable bonds is 8. The Morgan fingerprint density at radius 3 is 2.42 bits per heavy atom. The zero-order valence-electron chi connectivity index (χ0n) is 15.4. The van der Waals surface area contributed by atoms with Crippen molar-refractivity contribution >= 4 is 17.6 Å². The average molecular weight is 399 g/mol. The van der Waals surface area contributed by atoms with Crippen molar-refractivity contribution < 1.29 is 35.1 Å². The van der Waals surface area contributed by atoms with Gasteiger partial charge in [-0.25, -0.2) is 4.79 Å². The van der Waals surface area contributed by atoms with Crippen molar-refractivity contribution in [2.75, 3.05) is 12.4 Å². The molecule has 0 aromatic carbocycles. The van der Waals surface area contributed by atoms with Crippen molar-refractivity contribution in [2.45, 2.75) is 82.5 Å². The molecule has 0 radical (unpaired) electrons. The Balaban J connectivity index is 3.05. The number of unbranched alkanes of at least 4 members (excludes halogenated alkanes) is 1. The molecule has 1 rings (SSSR count). The first kappa shape index (κ1) is 23.4. The average Bonchev–Trinajstić information content (AvgIpc) is 2.59. The van der Waals surface area contributed by atoms with Crippen molar-refractivity contribution in [3.8, 4) is 0 Å². The Bertz CT molecular complexity index is 456. The SMILES string of the molecule is CCCC[C@]1(O)O[C@H](C(O)N(C(=O)NCCCl)C(C)C)[C@@H](O)[C@H](O)[C@H]1O. The molecule has 0 bridgehead atoms. The molecule has 6 N–H and O–H groups in total. The van der Waals surface area contributed by atoms with Crippen molar-refractivity contribution in [1.82, 2.24) is 10.2 Å². The zero-order valence-corrected chi connectivity index (χ0v) is 16.1. The summed E-state index contributed by atoms with van der Waals surface area (Å²) in [5, 5.41) is 54.2. The maximum absolute atomic E-state index is 12.3. The number of nitrogens with zero attached hydrogens (tertiary/aromatic N) is 1. The van der Waals surface area contributed by atoms with E-state index in [0.717, 1.165) is 4.90 Å². The molecule has 1 aliphatic rings. The molecule has 1 unspecified atom stereocenters. The van der Waals surface area contributed by atoms with E-state index in [1.54, 1.807) is 13.8 Å². The van der Waals surface area contributed by atoms with Gasteiger partial charge in [0.05, 0.1) is 0 Å². The molecule has 6 atom stereocenters. The maximum Gasteiger partial charge on any atom is 0.319 e. The number of aliphatic hydroxyl groups is 5. The lowest BCUT2D eigenvalue weighted by atomic mass is 9.88. The molecule has 0 aromatic rings. The van der Waals surface area contributed by atoms with E-state index in [-0.39, 0.29) is 18.8 Å². The highest BCUT2D eigenvalue weighted by Crippen LogP contribution is 2.34. The minimum Gasteiger partial charge on any atom is -0.387 e. The Labute approximate surface area is 158 Å². The number of urea groups is 1. The molecular formula is C16H31ClN2O7. The van der Waals surface area contributed by atoms with Gasteiger partial charge < -0.3 is 35.6 Å². The molecular weight excluding hydrogens is 368 g/mol. The lowest BCUT2D eigenvalue weighted by Gasteiger charge is -2.49. The number of halogens is 1. The highest BCUT2D eigenvalue weighted by molar-refractivity contribution is 6.18. The fourth-order valence-electron chi connectivity index (χ4n) is 2.96. The van der Waals surface area contributed by atoms with Gasteiger partial charge >= 0.3 is 6.03 Å². The van der Waals surface area contributed by atoms with Crippen LogP contribution in [0.1, 0.15) is 40.0 Å². The molecule has 10 heteroatoms. The summed E-state index contributed by atoms with van der Waals surface area (Å²) >= 11 is 5.55. The quantitative estimate of drug-likeness (QED) is 0.235. The van der Waals surface area contributed by atoms with Gasteiger partial charge in [0.15, 0.2) is 12.0 Å². The number of aliphatic hydroxyl groups excluding tert-OH is 4. The normalized spacial score (nSPS) is 33.2. The van der Waals surface area contributed by atoms with Crippen molar-refractivity contribution in [3.63, 3.8) is 0 Å². The summed E-state index contributed by atoms with van der Waals surface area (Å²) in [6, 6.07) is -1.12. The van der Waals surface area contributed by atoms with Crippen LogP contribution in [0.15, 0.2) is 0 Å². The Hall–Kier alpha value is -0.680. The van der Waals surface area contributed by atoms with E-state index in [9.17, 15) is 30.3 Å². The second-order valence-corrected chi connectivity index (χ2v) is 7.17. The van der Waals surface area contributed by atoms with Crippen LogP contribution in [0.2, 0.25) is 0 Å². The van der Waals surface area contributed by atoms with Gasteiger partial charge in [-0.1, -0.05) is 13.3 Å². The number of hydrogen-bond donors (Lipinski definition) is 6. The molecule has 1 heterocycles. The van der Waals surface area contributed by atoms with Gasteiger partial charge in [-0.15, -0.1) is 11.6 Å². The van der Waals surface area contributed by atoms with Crippen molar-refractivity contribution in [1.29, 1.82) is 0 Å². The zero-order chi connectivity index (χ0) is 20.1. The van der Waals surface area contributed by atoms with Crippen LogP contribution in [-0.4, -0.2) is 91.4 Å². The van der Waals surface area contributed by atoms with Gasteiger partial charge in [0.1, 0.15) is 24.4 Å². The number of hydrogen-bond acceptors (Lipinski definition) is 7. The van der Waals surface area contributed by atoms with E-state index in [1.807, 2.05) is 6.92 Å². The summed E-state index contributed by atoms with van der Waals surface area (Å²) in [6.45, 7) is 5.34. The summed E-state index contributed by atoms with van der Waals surface area (Å²) in [5.41, 5.74) is 0. The molecule has 0 aliphatic carbocycles. The number of carbonyl (C=O) groups is 1. The van der Waals surface area contributed by atoms with Crippen LogP contribution in [-0.2, 0) is 4.74 Å². The number of nitrogens with one attached hydrogen (secondary N) is 1. The summed E-state index contributed by atoms with van der Waals surface area (Å²) < 4.78 is 5.42. The summed E-state index contributed by atoms with van der Waals surface area (Å²) in [4.78, 5) is 13.3. The van der Waals surface area contributed by atoms with Gasteiger partial charge in [-0.2, -0.15) is 0 Å². The minimum absolute atomic E-state index is 0.00219. The summed E-state index contributed by atoms with van der Waals surface area (Å²) in [6.07, 6.45) is -7.20. The monoisotopic (exact) mass is 398 g/mol. The lowest BCUT2D eigenvalue weighted by Crippen LogP contribution is -2.69. The van der Waals surface area contributed by atoms with E-state index in [2.05, 4.69) is 5.32 Å². The highest BCUT2D eigenvalue weighted by Gasteiger charge is 2.55.